The molecule has 3 aromatic carbocycles. The summed E-state index contributed by atoms with van der Waals surface area (Å²) in [6.45, 7) is 7.04. The van der Waals surface area contributed by atoms with Crippen LogP contribution in [0, 0.1) is 0 Å². The Bertz CT molecular complexity index is 1890. The van der Waals surface area contributed by atoms with Crippen LogP contribution in [0.15, 0.2) is 41.3 Å². The zero-order valence-electron chi connectivity index (χ0n) is 26.0. The molecule has 0 spiro atoms. The van der Waals surface area contributed by atoms with Gasteiger partial charge >= 0.3 is 0 Å². The van der Waals surface area contributed by atoms with Gasteiger partial charge in [0.2, 0.25) is 15.4 Å². The lowest BCUT2D eigenvalue weighted by Gasteiger charge is -2.39. The van der Waals surface area contributed by atoms with E-state index in [-0.39, 0.29) is 0 Å². The lowest BCUT2D eigenvalue weighted by Crippen LogP contribution is -2.45. The number of aryl methyl sites for hydroxylation is 2. The van der Waals surface area contributed by atoms with Crippen molar-refractivity contribution < 1.29 is 13.2 Å². The molecule has 5 aliphatic rings. The van der Waals surface area contributed by atoms with Crippen LogP contribution in [0.2, 0.25) is 0 Å². The minimum Gasteiger partial charge on any atom is -0.455 e. The molecule has 5 aliphatic heterocycles. The van der Waals surface area contributed by atoms with Crippen molar-refractivity contribution in [1.29, 1.82) is 0 Å². The summed E-state index contributed by atoms with van der Waals surface area (Å²) in [5.74, 6) is 1.92. The Labute approximate surface area is 261 Å². The highest BCUT2D eigenvalue weighted by Crippen LogP contribution is 2.49. The molecule has 3 aromatic rings. The Morgan fingerprint density at radius 3 is 2.48 bits per heavy atom. The van der Waals surface area contributed by atoms with Crippen molar-refractivity contribution in [3.63, 3.8) is 0 Å². The van der Waals surface area contributed by atoms with Crippen LogP contribution in [0.5, 0.6) is 11.5 Å². The van der Waals surface area contributed by atoms with E-state index in [1.165, 1.54) is 33.3 Å². The molecule has 7 heteroatoms. The summed E-state index contributed by atoms with van der Waals surface area (Å²) in [4.78, 5) is 2.93. The molecular formula is C37H44N3O3S+. The number of unbranched alkanes of at least 4 members (excludes halogenated alkanes) is 3. The molecule has 0 radical (unpaired) electrons. The number of sulfonamides is 1. The van der Waals surface area contributed by atoms with E-state index in [1.807, 2.05) is 18.2 Å². The van der Waals surface area contributed by atoms with Gasteiger partial charge in [0.25, 0.3) is 0 Å². The predicted molar refractivity (Wildman–Crippen MR) is 176 cm³/mol. The number of fused-ring (bicyclic) bond motifs is 4. The lowest BCUT2D eigenvalue weighted by molar-refractivity contribution is 0.431. The molecule has 6 nitrogen and oxygen atoms in total. The number of ether oxygens (including phenoxy) is 1. The summed E-state index contributed by atoms with van der Waals surface area (Å²) < 4.78 is 40.7. The van der Waals surface area contributed by atoms with Crippen molar-refractivity contribution in [3.05, 3.63) is 80.4 Å². The second-order valence-corrected chi connectivity index (χ2v) is 15.0. The fourth-order valence-corrected chi connectivity index (χ4v) is 9.83. The van der Waals surface area contributed by atoms with E-state index in [0.717, 1.165) is 137 Å². The third-order valence-electron chi connectivity index (χ3n) is 10.5. The van der Waals surface area contributed by atoms with Crippen molar-refractivity contribution in [2.45, 2.75) is 88.9 Å². The number of anilines is 1. The summed E-state index contributed by atoms with van der Waals surface area (Å²) in [6, 6.07) is 12.4. The van der Waals surface area contributed by atoms with Crippen molar-refractivity contribution >= 4 is 21.3 Å². The van der Waals surface area contributed by atoms with Gasteiger partial charge in [-0.05, 0) is 68.7 Å². The number of hydrogen-bond acceptors (Lipinski definition) is 4. The normalized spacial score (nSPS) is 18.2. The molecule has 8 rings (SSSR count). The van der Waals surface area contributed by atoms with Gasteiger partial charge in [0.15, 0.2) is 0 Å². The second kappa shape index (κ2) is 11.3. The number of hydrogen-bond donors (Lipinski definition) is 1. The van der Waals surface area contributed by atoms with E-state index in [9.17, 15) is 8.42 Å². The zero-order chi connectivity index (χ0) is 29.8. The second-order valence-electron chi connectivity index (χ2n) is 13.3. The molecule has 0 saturated heterocycles. The van der Waals surface area contributed by atoms with Crippen LogP contribution >= 0.6 is 0 Å². The Hall–Kier alpha value is -3.16. The van der Waals surface area contributed by atoms with Crippen molar-refractivity contribution in [2.75, 3.05) is 37.6 Å². The molecule has 0 atom stereocenters. The van der Waals surface area contributed by atoms with Crippen molar-refractivity contribution in [2.24, 2.45) is 0 Å². The first kappa shape index (κ1) is 28.3. The van der Waals surface area contributed by atoms with Crippen LogP contribution in [0.25, 0.3) is 5.57 Å². The van der Waals surface area contributed by atoms with E-state index >= 15 is 0 Å². The first-order valence-corrected chi connectivity index (χ1v) is 18.6. The molecule has 0 amide bonds. The highest BCUT2D eigenvalue weighted by molar-refractivity contribution is 7.89. The highest BCUT2D eigenvalue weighted by atomic mass is 32.2. The fraction of sp³-hybridized carbons (Fsp3) is 0.486. The van der Waals surface area contributed by atoms with Gasteiger partial charge in [-0.1, -0.05) is 44.4 Å². The maximum atomic E-state index is 14.0. The monoisotopic (exact) mass is 610 g/mol. The first-order valence-electron chi connectivity index (χ1n) is 17.1. The average Bonchev–Trinajstić information content (AvgIpc) is 3.04. The van der Waals surface area contributed by atoms with Gasteiger partial charge < -0.3 is 9.64 Å². The standard InChI is InChI=1S/C37H44N3O3S/c1-2-3-4-7-18-38-44(41,42)32-17-6-5-14-27(32)33-30-23-25-12-8-19-39-21-10-15-28(34(25)39)36(30)43-37-29-16-11-22-40-20-9-13-26(35(29)40)24-31(33)37/h5-6,14,17,23-24,38H,2-4,7-13,15-16,18-22H2,1H3/q+1. The topological polar surface area (TPSA) is 61.7 Å². The van der Waals surface area contributed by atoms with Gasteiger partial charge in [-0.2, -0.15) is 0 Å². The molecule has 5 heterocycles. The van der Waals surface area contributed by atoms with Gasteiger partial charge in [-0.15, -0.1) is 0 Å². The Balaban J connectivity index is 1.40. The van der Waals surface area contributed by atoms with E-state index < -0.39 is 10.0 Å². The third-order valence-corrected chi connectivity index (χ3v) is 12.0. The van der Waals surface area contributed by atoms with Crippen LogP contribution in [0.4, 0.5) is 5.69 Å². The predicted octanol–water partition coefficient (Wildman–Crippen LogP) is 4.98. The van der Waals surface area contributed by atoms with Gasteiger partial charge in [0.1, 0.15) is 24.6 Å². The first-order chi connectivity index (χ1) is 21.5. The minimum atomic E-state index is -3.72. The molecule has 0 bridgehead atoms. The molecular weight excluding hydrogens is 566 g/mol. The number of benzene rings is 3. The minimum absolute atomic E-state index is 0.366. The molecule has 44 heavy (non-hydrogen) atoms. The maximum Gasteiger partial charge on any atom is 0.241 e. The van der Waals surface area contributed by atoms with E-state index in [2.05, 4.69) is 33.3 Å². The molecule has 0 unspecified atom stereocenters. The molecule has 0 saturated carbocycles. The molecule has 230 valence electrons. The highest BCUT2D eigenvalue weighted by Gasteiger charge is 2.36. The lowest BCUT2D eigenvalue weighted by atomic mass is 9.82. The number of rotatable bonds is 8. The zero-order valence-corrected chi connectivity index (χ0v) is 26.8. The quantitative estimate of drug-likeness (QED) is 0.226. The number of nitrogens with zero attached hydrogens (tertiary/aromatic N) is 2. The van der Waals surface area contributed by atoms with Gasteiger partial charge in [-0.25, -0.2) is 17.7 Å². The Morgan fingerprint density at radius 2 is 1.61 bits per heavy atom. The SMILES string of the molecule is CCCCCCNS(=O)(=O)c1ccccc1C1=c2cc3c4c(c2Oc2c1cc1c5c2CCCN5CCC1)CCC[N+]=4CCC3. The van der Waals surface area contributed by atoms with Crippen LogP contribution in [-0.2, 0) is 35.7 Å². The van der Waals surface area contributed by atoms with Crippen molar-refractivity contribution in [1.82, 2.24) is 9.30 Å². The fourth-order valence-electron chi connectivity index (χ4n) is 8.55. The van der Waals surface area contributed by atoms with E-state index in [0.29, 0.717) is 11.4 Å². The molecule has 0 fully saturated rings. The van der Waals surface area contributed by atoms with Crippen LogP contribution in [-0.4, -0.2) is 41.1 Å². The van der Waals surface area contributed by atoms with Crippen molar-refractivity contribution in [3.8, 4) is 11.5 Å². The van der Waals surface area contributed by atoms with Gasteiger partial charge in [0, 0.05) is 71.2 Å². The summed E-state index contributed by atoms with van der Waals surface area (Å²) in [7, 11) is -3.72. The largest absolute Gasteiger partial charge is 0.455 e. The Morgan fingerprint density at radius 1 is 0.841 bits per heavy atom. The van der Waals surface area contributed by atoms with Crippen LogP contribution in [0.1, 0.15) is 91.7 Å². The summed E-state index contributed by atoms with van der Waals surface area (Å²) in [6.07, 6.45) is 12.8. The van der Waals surface area contributed by atoms with Crippen LogP contribution < -0.4 is 29.5 Å². The van der Waals surface area contributed by atoms with E-state index in [1.54, 1.807) is 6.07 Å². The average molecular weight is 611 g/mol. The van der Waals surface area contributed by atoms with Gasteiger partial charge in [-0.3, -0.25) is 0 Å². The Kier molecular flexibility index (Phi) is 7.29. The third kappa shape index (κ3) is 4.61. The molecule has 0 aromatic heterocycles. The summed E-state index contributed by atoms with van der Waals surface area (Å²) >= 11 is 0. The number of nitrogens with one attached hydrogen (secondary N) is 1. The molecule has 0 aliphatic carbocycles. The summed E-state index contributed by atoms with van der Waals surface area (Å²) in [5.41, 5.74) is 9.66. The summed E-state index contributed by atoms with van der Waals surface area (Å²) in [5, 5.41) is 2.45. The maximum absolute atomic E-state index is 14.0. The van der Waals surface area contributed by atoms with Crippen LogP contribution in [0.3, 0.4) is 0 Å². The smallest absolute Gasteiger partial charge is 0.241 e. The molecule has 1 N–H and O–H groups in total. The van der Waals surface area contributed by atoms with Gasteiger partial charge in [0.05, 0.1) is 10.5 Å². The van der Waals surface area contributed by atoms with E-state index in [4.69, 9.17) is 4.74 Å².